The fourth-order valence-corrected chi connectivity index (χ4v) is 9.92. The molecule has 0 aromatic rings. The lowest BCUT2D eigenvalue weighted by molar-refractivity contribution is -0.152. The van der Waals surface area contributed by atoms with Crippen LogP contribution in [-0.2, 0) is 9.53 Å². The van der Waals surface area contributed by atoms with Crippen LogP contribution in [0.1, 0.15) is 156 Å². The molecule has 4 fully saturated rings. The third kappa shape index (κ3) is 5.41. The smallest absolute Gasteiger partial charge is 0.293 e. The number of hydrogen-bond acceptors (Lipinski definition) is 2. The normalized spacial score (nSPS) is 37.0. The van der Waals surface area contributed by atoms with E-state index in [1.165, 1.54) is 116 Å². The van der Waals surface area contributed by atoms with Gasteiger partial charge in [0.25, 0.3) is 6.47 Å². The van der Waals surface area contributed by atoms with Gasteiger partial charge >= 0.3 is 0 Å². The summed E-state index contributed by atoms with van der Waals surface area (Å²) in [5.74, 6) is 3.70. The van der Waals surface area contributed by atoms with Crippen molar-refractivity contribution in [1.29, 1.82) is 0 Å². The molecule has 1 atom stereocenters. The van der Waals surface area contributed by atoms with Gasteiger partial charge in [0.15, 0.2) is 0 Å². The number of rotatable bonds is 9. The van der Waals surface area contributed by atoms with E-state index >= 15 is 0 Å². The number of hydrogen-bond donors (Lipinski definition) is 0. The molecule has 0 amide bonds. The molecular formula is C32H56O2. The van der Waals surface area contributed by atoms with Gasteiger partial charge in [0, 0.05) is 0 Å². The Morgan fingerprint density at radius 3 is 1.88 bits per heavy atom. The zero-order valence-corrected chi connectivity index (χ0v) is 23.1. The standard InChI is InChI=1S/C32H56O2/c1-4-27-12-14-28(15-13-27)30(18-8-6-9-19-30)24-26(3)32(20-10-7-11-21-32)29-16-22-31(5-2,23-17-29)34-25-33/h25-29H,4-24H2,1-3H3. The Kier molecular flexibility index (Phi) is 9.11. The Morgan fingerprint density at radius 2 is 1.35 bits per heavy atom. The predicted octanol–water partition coefficient (Wildman–Crippen LogP) is 9.64. The fourth-order valence-electron chi connectivity index (χ4n) is 9.92. The Balaban J connectivity index is 1.51. The quantitative estimate of drug-likeness (QED) is 0.312. The average molecular weight is 473 g/mol. The summed E-state index contributed by atoms with van der Waals surface area (Å²) in [6.45, 7) is 8.04. The third-order valence-electron chi connectivity index (χ3n) is 12.3. The van der Waals surface area contributed by atoms with Gasteiger partial charge in [-0.3, -0.25) is 4.79 Å². The average Bonchev–Trinajstić information content (AvgIpc) is 2.90. The first-order valence-corrected chi connectivity index (χ1v) is 15.6. The van der Waals surface area contributed by atoms with Gasteiger partial charge in [-0.05, 0) is 112 Å². The highest BCUT2D eigenvalue weighted by atomic mass is 16.5. The fraction of sp³-hybridized carbons (Fsp3) is 0.969. The highest BCUT2D eigenvalue weighted by Crippen LogP contribution is 2.60. The van der Waals surface area contributed by atoms with Crippen LogP contribution >= 0.6 is 0 Å². The molecule has 4 aliphatic carbocycles. The van der Waals surface area contributed by atoms with Gasteiger partial charge in [0.05, 0.1) is 0 Å². The molecule has 0 radical (unpaired) electrons. The summed E-state index contributed by atoms with van der Waals surface area (Å²) in [6.07, 6.45) is 29.4. The van der Waals surface area contributed by atoms with Crippen LogP contribution in [0, 0.1) is 34.5 Å². The molecule has 0 N–H and O–H groups in total. The van der Waals surface area contributed by atoms with Gasteiger partial charge in [0.1, 0.15) is 5.60 Å². The van der Waals surface area contributed by atoms with Crippen molar-refractivity contribution in [2.75, 3.05) is 0 Å². The van der Waals surface area contributed by atoms with Gasteiger partial charge in [0.2, 0.25) is 0 Å². The highest BCUT2D eigenvalue weighted by molar-refractivity contribution is 5.38. The summed E-state index contributed by atoms with van der Waals surface area (Å²) in [4.78, 5) is 11.2. The van der Waals surface area contributed by atoms with Crippen LogP contribution < -0.4 is 0 Å². The summed E-state index contributed by atoms with van der Waals surface area (Å²) in [5.41, 5.74) is 1.02. The molecule has 4 aliphatic rings. The lowest BCUT2D eigenvalue weighted by Gasteiger charge is -2.55. The first-order chi connectivity index (χ1) is 16.5. The van der Waals surface area contributed by atoms with Crippen LogP contribution in [0.4, 0.5) is 0 Å². The minimum absolute atomic E-state index is 0.167. The maximum atomic E-state index is 11.2. The van der Waals surface area contributed by atoms with E-state index in [1.807, 2.05) is 0 Å². The van der Waals surface area contributed by atoms with Crippen molar-refractivity contribution in [1.82, 2.24) is 0 Å². The molecule has 0 aliphatic heterocycles. The van der Waals surface area contributed by atoms with Crippen molar-refractivity contribution in [3.8, 4) is 0 Å². The van der Waals surface area contributed by atoms with Crippen LogP contribution in [0.2, 0.25) is 0 Å². The van der Waals surface area contributed by atoms with Crippen molar-refractivity contribution in [3.05, 3.63) is 0 Å². The van der Waals surface area contributed by atoms with Crippen molar-refractivity contribution in [2.24, 2.45) is 34.5 Å². The lowest BCUT2D eigenvalue weighted by atomic mass is 9.50. The number of carbonyl (C=O) groups excluding carboxylic acids is 1. The zero-order valence-electron chi connectivity index (χ0n) is 23.1. The zero-order chi connectivity index (χ0) is 24.1. The van der Waals surface area contributed by atoms with E-state index in [-0.39, 0.29) is 5.60 Å². The van der Waals surface area contributed by atoms with Gasteiger partial charge in [-0.25, -0.2) is 0 Å². The van der Waals surface area contributed by atoms with Gasteiger partial charge < -0.3 is 4.74 Å². The molecular weight excluding hydrogens is 416 g/mol. The number of ether oxygens (including phenoxy) is 1. The highest BCUT2D eigenvalue weighted by Gasteiger charge is 2.51. The first-order valence-electron chi connectivity index (χ1n) is 15.6. The van der Waals surface area contributed by atoms with Crippen LogP contribution in [0.3, 0.4) is 0 Å². The van der Waals surface area contributed by atoms with E-state index in [0.29, 0.717) is 10.8 Å². The summed E-state index contributed by atoms with van der Waals surface area (Å²) in [5, 5.41) is 0. The molecule has 0 aromatic carbocycles. The maximum absolute atomic E-state index is 11.2. The van der Waals surface area contributed by atoms with Crippen LogP contribution in [0.15, 0.2) is 0 Å². The number of carbonyl (C=O) groups is 1. The van der Waals surface area contributed by atoms with Crippen molar-refractivity contribution < 1.29 is 9.53 Å². The molecule has 4 saturated carbocycles. The largest absolute Gasteiger partial charge is 0.461 e. The molecule has 34 heavy (non-hydrogen) atoms. The van der Waals surface area contributed by atoms with E-state index in [2.05, 4.69) is 20.8 Å². The molecule has 0 bridgehead atoms. The molecule has 2 heteroatoms. The van der Waals surface area contributed by atoms with E-state index in [0.717, 1.165) is 49.4 Å². The first kappa shape index (κ1) is 26.5. The summed E-state index contributed by atoms with van der Waals surface area (Å²) in [6, 6.07) is 0. The third-order valence-corrected chi connectivity index (χ3v) is 12.3. The Morgan fingerprint density at radius 1 is 0.765 bits per heavy atom. The predicted molar refractivity (Wildman–Crippen MR) is 143 cm³/mol. The van der Waals surface area contributed by atoms with Gasteiger partial charge in [-0.2, -0.15) is 0 Å². The Hall–Kier alpha value is -0.530. The van der Waals surface area contributed by atoms with Crippen molar-refractivity contribution >= 4 is 6.47 Å². The Bertz CT molecular complexity index is 611. The van der Waals surface area contributed by atoms with E-state index in [9.17, 15) is 4.79 Å². The summed E-state index contributed by atoms with van der Waals surface area (Å²) < 4.78 is 5.70. The van der Waals surface area contributed by atoms with Crippen LogP contribution in [0.25, 0.3) is 0 Å². The maximum Gasteiger partial charge on any atom is 0.293 e. The topological polar surface area (TPSA) is 26.3 Å². The molecule has 0 heterocycles. The van der Waals surface area contributed by atoms with Crippen molar-refractivity contribution in [2.45, 2.75) is 161 Å². The molecule has 2 nitrogen and oxygen atoms in total. The molecule has 196 valence electrons. The monoisotopic (exact) mass is 472 g/mol. The SMILES string of the molecule is CCC1CCC(C2(CC(C)C3(C4CCC(CC)(OC=O)CC4)CCCCC3)CCCCC2)CC1. The Labute approximate surface area is 211 Å². The second kappa shape index (κ2) is 11.7. The van der Waals surface area contributed by atoms with E-state index in [4.69, 9.17) is 4.74 Å². The minimum atomic E-state index is -0.167. The minimum Gasteiger partial charge on any atom is -0.461 e. The molecule has 0 saturated heterocycles. The van der Waals surface area contributed by atoms with E-state index in [1.54, 1.807) is 0 Å². The van der Waals surface area contributed by atoms with Crippen molar-refractivity contribution in [3.63, 3.8) is 0 Å². The van der Waals surface area contributed by atoms with Crippen LogP contribution in [0.5, 0.6) is 0 Å². The summed E-state index contributed by atoms with van der Waals surface area (Å²) >= 11 is 0. The second-order valence-corrected chi connectivity index (χ2v) is 13.5. The van der Waals surface area contributed by atoms with Gasteiger partial charge in [-0.15, -0.1) is 0 Å². The molecule has 0 spiro atoms. The van der Waals surface area contributed by atoms with Crippen LogP contribution in [-0.4, -0.2) is 12.1 Å². The van der Waals surface area contributed by atoms with E-state index < -0.39 is 0 Å². The van der Waals surface area contributed by atoms with Gasteiger partial charge in [-0.1, -0.05) is 78.6 Å². The summed E-state index contributed by atoms with van der Waals surface area (Å²) in [7, 11) is 0. The molecule has 4 rings (SSSR count). The molecule has 0 aromatic heterocycles. The lowest BCUT2D eigenvalue weighted by Crippen LogP contribution is -2.47. The second-order valence-electron chi connectivity index (χ2n) is 13.5. The molecule has 1 unspecified atom stereocenters.